The van der Waals surface area contributed by atoms with E-state index >= 15 is 0 Å². The maximum Gasteiger partial charge on any atom is 0.310 e. The summed E-state index contributed by atoms with van der Waals surface area (Å²) < 4.78 is 3.49. The molecule has 0 unspecified atom stereocenters. The maximum absolute atomic E-state index is 11.1. The molecule has 0 saturated carbocycles. The maximum atomic E-state index is 11.1. The third-order valence-corrected chi connectivity index (χ3v) is 3.21. The van der Waals surface area contributed by atoms with Crippen LogP contribution in [-0.2, 0) is 20.0 Å². The van der Waals surface area contributed by atoms with Crippen LogP contribution < -0.4 is 0 Å². The van der Waals surface area contributed by atoms with Gasteiger partial charge in [0.05, 0.1) is 29.7 Å². The highest BCUT2D eigenvalue weighted by atomic mass is 16.6. The second-order valence-corrected chi connectivity index (χ2v) is 5.34. The molecule has 0 aromatic carbocycles. The first-order valence-corrected chi connectivity index (χ1v) is 6.63. The largest absolute Gasteiger partial charge is 0.336 e. The highest BCUT2D eigenvalue weighted by molar-refractivity contribution is 5.32. The molecule has 20 heavy (non-hydrogen) atoms. The zero-order valence-electron chi connectivity index (χ0n) is 12.0. The monoisotopic (exact) mass is 277 g/mol. The van der Waals surface area contributed by atoms with Crippen molar-refractivity contribution in [2.75, 3.05) is 0 Å². The third-order valence-electron chi connectivity index (χ3n) is 3.21. The number of aryl methyl sites for hydroxylation is 2. The fourth-order valence-corrected chi connectivity index (χ4v) is 1.99. The zero-order valence-corrected chi connectivity index (χ0v) is 12.0. The molecule has 0 atom stereocenters. The Balaban J connectivity index is 2.20. The Morgan fingerprint density at radius 3 is 2.75 bits per heavy atom. The first-order chi connectivity index (χ1) is 9.47. The first kappa shape index (κ1) is 14.2. The number of hydrogen-bond donors (Lipinski definition) is 0. The molecule has 2 aromatic rings. The smallest absolute Gasteiger partial charge is 0.310 e. The topological polar surface area (TPSA) is 78.8 Å². The van der Waals surface area contributed by atoms with Gasteiger partial charge >= 0.3 is 5.69 Å². The Morgan fingerprint density at radius 2 is 2.20 bits per heavy atom. The summed E-state index contributed by atoms with van der Waals surface area (Å²) in [5.41, 5.74) is 1.62. The predicted octanol–water partition coefficient (Wildman–Crippen LogP) is 2.16. The Bertz CT molecular complexity index is 600. The second-order valence-electron chi connectivity index (χ2n) is 5.34. The molecule has 0 aliphatic heterocycles. The van der Waals surface area contributed by atoms with Crippen LogP contribution in [0.5, 0.6) is 0 Å². The fourth-order valence-electron chi connectivity index (χ4n) is 1.99. The molecule has 0 radical (unpaired) electrons. The highest BCUT2D eigenvalue weighted by Gasteiger charge is 2.19. The average Bonchev–Trinajstić information content (AvgIpc) is 2.95. The van der Waals surface area contributed by atoms with E-state index in [0.717, 1.165) is 12.1 Å². The lowest BCUT2D eigenvalue weighted by Crippen LogP contribution is -2.05. The molecule has 2 aromatic heterocycles. The Kier molecular flexibility index (Phi) is 4.16. The van der Waals surface area contributed by atoms with Crippen molar-refractivity contribution in [3.63, 3.8) is 0 Å². The highest BCUT2D eigenvalue weighted by Crippen LogP contribution is 2.20. The van der Waals surface area contributed by atoms with E-state index in [1.54, 1.807) is 17.2 Å². The Hall–Kier alpha value is -2.18. The number of nitrogens with zero attached hydrogens (tertiary/aromatic N) is 5. The molecule has 0 aliphatic carbocycles. The number of hydrogen-bond acceptors (Lipinski definition) is 4. The molecule has 2 heterocycles. The van der Waals surface area contributed by atoms with E-state index in [1.807, 2.05) is 11.6 Å². The normalized spacial score (nSPS) is 11.2. The van der Waals surface area contributed by atoms with Gasteiger partial charge in [-0.3, -0.25) is 14.8 Å². The standard InChI is InChI=1S/C13H19N5O2/c1-10(2)4-5-12-13(18(19)20)8-17(15-12)7-11-6-14-9-16(11)3/h6,8-10H,4-5,7H2,1-3H3. The predicted molar refractivity (Wildman–Crippen MR) is 74.4 cm³/mol. The molecule has 0 aliphatic rings. The van der Waals surface area contributed by atoms with E-state index in [-0.39, 0.29) is 10.6 Å². The molecule has 2 rings (SSSR count). The Labute approximate surface area is 117 Å². The van der Waals surface area contributed by atoms with Gasteiger partial charge in [-0.05, 0) is 18.8 Å². The van der Waals surface area contributed by atoms with Crippen molar-refractivity contribution >= 4 is 5.69 Å². The van der Waals surface area contributed by atoms with Crippen LogP contribution in [0.2, 0.25) is 0 Å². The summed E-state index contributed by atoms with van der Waals surface area (Å²) in [4.78, 5) is 14.8. The SMILES string of the molecule is CC(C)CCc1nn(Cc2cncn2C)cc1[N+](=O)[O-]. The summed E-state index contributed by atoms with van der Waals surface area (Å²) in [6.07, 6.45) is 6.47. The van der Waals surface area contributed by atoms with Crippen LogP contribution in [0.4, 0.5) is 5.69 Å². The van der Waals surface area contributed by atoms with Crippen LogP contribution in [0.15, 0.2) is 18.7 Å². The molecule has 7 nitrogen and oxygen atoms in total. The van der Waals surface area contributed by atoms with Crippen LogP contribution in [0.1, 0.15) is 31.7 Å². The molecule has 0 fully saturated rings. The van der Waals surface area contributed by atoms with Crippen molar-refractivity contribution in [2.24, 2.45) is 13.0 Å². The molecule has 108 valence electrons. The summed E-state index contributed by atoms with van der Waals surface area (Å²) in [5.74, 6) is 0.497. The zero-order chi connectivity index (χ0) is 14.7. The van der Waals surface area contributed by atoms with Crippen LogP contribution in [0.25, 0.3) is 0 Å². The van der Waals surface area contributed by atoms with E-state index in [1.165, 1.54) is 6.20 Å². The van der Waals surface area contributed by atoms with Crippen molar-refractivity contribution in [1.29, 1.82) is 0 Å². The van der Waals surface area contributed by atoms with E-state index in [0.29, 0.717) is 24.6 Å². The van der Waals surface area contributed by atoms with Crippen LogP contribution in [0, 0.1) is 16.0 Å². The third kappa shape index (κ3) is 3.23. The van der Waals surface area contributed by atoms with E-state index in [2.05, 4.69) is 23.9 Å². The summed E-state index contributed by atoms with van der Waals surface area (Å²) in [6.45, 7) is 4.68. The molecule has 0 N–H and O–H groups in total. The fraction of sp³-hybridized carbons (Fsp3) is 0.538. The van der Waals surface area contributed by atoms with E-state index < -0.39 is 0 Å². The van der Waals surface area contributed by atoms with Gasteiger partial charge in [0.1, 0.15) is 11.9 Å². The van der Waals surface area contributed by atoms with Gasteiger partial charge in [0.15, 0.2) is 0 Å². The number of rotatable bonds is 6. The number of aromatic nitrogens is 4. The summed E-state index contributed by atoms with van der Waals surface area (Å²) in [7, 11) is 1.89. The summed E-state index contributed by atoms with van der Waals surface area (Å²) in [6, 6.07) is 0. The summed E-state index contributed by atoms with van der Waals surface area (Å²) >= 11 is 0. The first-order valence-electron chi connectivity index (χ1n) is 6.63. The molecule has 0 saturated heterocycles. The van der Waals surface area contributed by atoms with Crippen molar-refractivity contribution < 1.29 is 4.92 Å². The Morgan fingerprint density at radius 1 is 1.45 bits per heavy atom. The van der Waals surface area contributed by atoms with Crippen molar-refractivity contribution in [3.05, 3.63) is 40.2 Å². The molecule has 0 spiro atoms. The molecule has 7 heteroatoms. The lowest BCUT2D eigenvalue weighted by atomic mass is 10.1. The van der Waals surface area contributed by atoms with E-state index in [4.69, 9.17) is 0 Å². The van der Waals surface area contributed by atoms with Crippen molar-refractivity contribution in [2.45, 2.75) is 33.2 Å². The molecular weight excluding hydrogens is 258 g/mol. The van der Waals surface area contributed by atoms with Crippen LogP contribution >= 0.6 is 0 Å². The van der Waals surface area contributed by atoms with Gasteiger partial charge in [-0.15, -0.1) is 0 Å². The van der Waals surface area contributed by atoms with Gasteiger partial charge in [0.25, 0.3) is 0 Å². The van der Waals surface area contributed by atoms with Gasteiger partial charge < -0.3 is 4.57 Å². The molecule has 0 bridgehead atoms. The number of nitro groups is 1. The van der Waals surface area contributed by atoms with Gasteiger partial charge in [-0.25, -0.2) is 4.98 Å². The minimum atomic E-state index is -0.359. The molecular formula is C13H19N5O2. The quantitative estimate of drug-likeness (QED) is 0.598. The van der Waals surface area contributed by atoms with Gasteiger partial charge in [0.2, 0.25) is 0 Å². The van der Waals surface area contributed by atoms with Crippen LogP contribution in [-0.4, -0.2) is 24.3 Å². The average molecular weight is 277 g/mol. The van der Waals surface area contributed by atoms with Crippen LogP contribution in [0.3, 0.4) is 0 Å². The summed E-state index contributed by atoms with van der Waals surface area (Å²) in [5, 5.41) is 15.4. The van der Waals surface area contributed by atoms with Gasteiger partial charge in [-0.1, -0.05) is 13.8 Å². The minimum Gasteiger partial charge on any atom is -0.336 e. The van der Waals surface area contributed by atoms with E-state index in [9.17, 15) is 10.1 Å². The van der Waals surface area contributed by atoms with Gasteiger partial charge in [-0.2, -0.15) is 5.10 Å². The second kappa shape index (κ2) is 5.85. The van der Waals surface area contributed by atoms with Crippen molar-refractivity contribution in [3.8, 4) is 0 Å². The lowest BCUT2D eigenvalue weighted by Gasteiger charge is -2.02. The molecule has 0 amide bonds. The van der Waals surface area contributed by atoms with Gasteiger partial charge in [0, 0.05) is 7.05 Å². The number of imidazole rings is 1. The lowest BCUT2D eigenvalue weighted by molar-refractivity contribution is -0.385. The minimum absolute atomic E-state index is 0.104. The van der Waals surface area contributed by atoms with Crippen molar-refractivity contribution in [1.82, 2.24) is 19.3 Å².